The van der Waals surface area contributed by atoms with Crippen LogP contribution >= 0.6 is 0 Å². The van der Waals surface area contributed by atoms with Gasteiger partial charge in [-0.1, -0.05) is 26.0 Å². The van der Waals surface area contributed by atoms with Crippen LogP contribution in [0.1, 0.15) is 37.6 Å². The molecule has 106 valence electrons. The molecule has 0 aliphatic rings. The Labute approximate surface area is 114 Å². The van der Waals surface area contributed by atoms with Gasteiger partial charge < -0.3 is 15.2 Å². The second-order valence-corrected chi connectivity index (χ2v) is 4.93. The van der Waals surface area contributed by atoms with Gasteiger partial charge in [0, 0.05) is 19.0 Å². The predicted octanol–water partition coefficient (Wildman–Crippen LogP) is 2.02. The first-order valence-electron chi connectivity index (χ1n) is 6.67. The van der Waals surface area contributed by atoms with Gasteiger partial charge in [-0.05, 0) is 19.1 Å². The normalized spacial score (nSPS) is 12.5. The van der Waals surface area contributed by atoms with E-state index in [4.69, 9.17) is 4.74 Å². The van der Waals surface area contributed by atoms with Crippen molar-refractivity contribution >= 4 is 5.78 Å². The molecule has 1 aromatic carbocycles. The molecule has 1 atom stereocenters. The number of para-hydroxylation sites is 1. The number of rotatable bonds is 8. The molecule has 0 saturated heterocycles. The summed E-state index contributed by atoms with van der Waals surface area (Å²) in [6, 6.07) is 7.56. The van der Waals surface area contributed by atoms with Gasteiger partial charge in [-0.2, -0.15) is 0 Å². The summed E-state index contributed by atoms with van der Waals surface area (Å²) in [5, 5.41) is 12.5. The lowest BCUT2D eigenvalue weighted by molar-refractivity contribution is 0.0897. The highest BCUT2D eigenvalue weighted by Gasteiger charge is 2.14. The van der Waals surface area contributed by atoms with E-state index in [1.165, 1.54) is 0 Å². The first-order chi connectivity index (χ1) is 9.00. The summed E-state index contributed by atoms with van der Waals surface area (Å²) in [5.74, 6) is 0.487. The smallest absolute Gasteiger partial charge is 0.169 e. The van der Waals surface area contributed by atoms with Crippen LogP contribution in [0.5, 0.6) is 5.75 Å². The van der Waals surface area contributed by atoms with Crippen LogP contribution in [0.3, 0.4) is 0 Å². The lowest BCUT2D eigenvalue weighted by Gasteiger charge is -2.13. The molecule has 0 spiro atoms. The average Bonchev–Trinajstić information content (AvgIpc) is 2.34. The van der Waals surface area contributed by atoms with Gasteiger partial charge in [-0.3, -0.25) is 4.79 Å². The third kappa shape index (κ3) is 5.85. The standard InChI is InChI=1S/C15H23NO3/c1-11(2)16-8-9-19-15-7-5-4-6-13(15)14(18)10-12(3)17/h4-7,11-12,16-17H,8-10H2,1-3H3. The van der Waals surface area contributed by atoms with E-state index in [-0.39, 0.29) is 12.2 Å². The molecular formula is C15H23NO3. The average molecular weight is 265 g/mol. The summed E-state index contributed by atoms with van der Waals surface area (Å²) in [7, 11) is 0. The first kappa shape index (κ1) is 15.7. The van der Waals surface area contributed by atoms with Gasteiger partial charge in [0.15, 0.2) is 5.78 Å². The van der Waals surface area contributed by atoms with Crippen LogP contribution in [0, 0.1) is 0 Å². The fourth-order valence-corrected chi connectivity index (χ4v) is 1.71. The van der Waals surface area contributed by atoms with E-state index in [1.807, 2.05) is 6.07 Å². The zero-order valence-electron chi connectivity index (χ0n) is 11.8. The van der Waals surface area contributed by atoms with Crippen molar-refractivity contribution in [3.05, 3.63) is 29.8 Å². The van der Waals surface area contributed by atoms with Crippen LogP contribution < -0.4 is 10.1 Å². The minimum atomic E-state index is -0.636. The Morgan fingerprint density at radius 1 is 1.32 bits per heavy atom. The molecule has 0 fully saturated rings. The number of carbonyl (C=O) groups is 1. The van der Waals surface area contributed by atoms with E-state index in [2.05, 4.69) is 19.2 Å². The van der Waals surface area contributed by atoms with Crippen molar-refractivity contribution in [3.63, 3.8) is 0 Å². The topological polar surface area (TPSA) is 58.6 Å². The molecule has 0 aromatic heterocycles. The monoisotopic (exact) mass is 265 g/mol. The SMILES string of the molecule is CC(O)CC(=O)c1ccccc1OCCNC(C)C. The van der Waals surface area contributed by atoms with Crippen molar-refractivity contribution in [1.29, 1.82) is 0 Å². The van der Waals surface area contributed by atoms with Crippen LogP contribution in [0.4, 0.5) is 0 Å². The van der Waals surface area contributed by atoms with Gasteiger partial charge in [0.1, 0.15) is 12.4 Å². The van der Waals surface area contributed by atoms with Gasteiger partial charge in [-0.25, -0.2) is 0 Å². The van der Waals surface area contributed by atoms with Crippen LogP contribution in [-0.4, -0.2) is 36.2 Å². The summed E-state index contributed by atoms with van der Waals surface area (Å²) < 4.78 is 5.63. The van der Waals surface area contributed by atoms with Crippen molar-refractivity contribution in [1.82, 2.24) is 5.32 Å². The van der Waals surface area contributed by atoms with Gasteiger partial charge in [-0.15, -0.1) is 0 Å². The summed E-state index contributed by atoms with van der Waals surface area (Å²) in [5.41, 5.74) is 0.535. The highest BCUT2D eigenvalue weighted by molar-refractivity contribution is 5.98. The van der Waals surface area contributed by atoms with E-state index >= 15 is 0 Å². The molecule has 0 aliphatic carbocycles. The van der Waals surface area contributed by atoms with E-state index in [9.17, 15) is 9.90 Å². The maximum atomic E-state index is 12.0. The lowest BCUT2D eigenvalue weighted by atomic mass is 10.0. The number of aliphatic hydroxyl groups is 1. The van der Waals surface area contributed by atoms with Crippen LogP contribution in [0.25, 0.3) is 0 Å². The highest BCUT2D eigenvalue weighted by atomic mass is 16.5. The fraction of sp³-hybridized carbons (Fsp3) is 0.533. The summed E-state index contributed by atoms with van der Waals surface area (Å²) in [6.45, 7) is 6.99. The van der Waals surface area contributed by atoms with Crippen molar-refractivity contribution in [2.45, 2.75) is 39.3 Å². The molecule has 0 amide bonds. The number of ketones is 1. The summed E-state index contributed by atoms with van der Waals surface area (Å²) >= 11 is 0. The van der Waals surface area contributed by atoms with Crippen LogP contribution in [0.2, 0.25) is 0 Å². The molecule has 0 bridgehead atoms. The van der Waals surface area contributed by atoms with E-state index in [0.29, 0.717) is 24.0 Å². The largest absolute Gasteiger partial charge is 0.492 e. The van der Waals surface area contributed by atoms with Gasteiger partial charge in [0.05, 0.1) is 11.7 Å². The Bertz CT molecular complexity index is 402. The molecule has 0 radical (unpaired) electrons. The number of nitrogens with one attached hydrogen (secondary N) is 1. The number of aliphatic hydroxyl groups excluding tert-OH is 1. The van der Waals surface area contributed by atoms with Crippen LogP contribution in [-0.2, 0) is 0 Å². The van der Waals surface area contributed by atoms with E-state index in [0.717, 1.165) is 6.54 Å². The molecule has 19 heavy (non-hydrogen) atoms. The molecular weight excluding hydrogens is 242 g/mol. The molecule has 0 saturated carbocycles. The number of carbonyl (C=O) groups excluding carboxylic acids is 1. The molecule has 0 aliphatic heterocycles. The Morgan fingerprint density at radius 3 is 2.63 bits per heavy atom. The van der Waals surface area contributed by atoms with Gasteiger partial charge in [0.2, 0.25) is 0 Å². The molecule has 1 unspecified atom stereocenters. The minimum absolute atomic E-state index is 0.0950. The summed E-state index contributed by atoms with van der Waals surface area (Å²) in [6.07, 6.45) is -0.520. The van der Waals surface area contributed by atoms with Gasteiger partial charge in [0.25, 0.3) is 0 Å². The third-order valence-corrected chi connectivity index (χ3v) is 2.58. The maximum absolute atomic E-state index is 12.0. The predicted molar refractivity (Wildman–Crippen MR) is 75.7 cm³/mol. The van der Waals surface area contributed by atoms with E-state index in [1.54, 1.807) is 25.1 Å². The first-order valence-corrected chi connectivity index (χ1v) is 6.67. The number of hydrogen-bond acceptors (Lipinski definition) is 4. The molecule has 1 aromatic rings. The molecule has 4 heteroatoms. The fourth-order valence-electron chi connectivity index (χ4n) is 1.71. The second-order valence-electron chi connectivity index (χ2n) is 4.93. The number of Topliss-reactive ketones (excluding diaryl/α,β-unsaturated/α-hetero) is 1. The Hall–Kier alpha value is -1.39. The number of hydrogen-bond donors (Lipinski definition) is 2. The number of ether oxygens (including phenoxy) is 1. The van der Waals surface area contributed by atoms with Crippen molar-refractivity contribution < 1.29 is 14.6 Å². The minimum Gasteiger partial charge on any atom is -0.492 e. The Morgan fingerprint density at radius 2 is 2.00 bits per heavy atom. The zero-order valence-corrected chi connectivity index (χ0v) is 11.8. The summed E-state index contributed by atoms with van der Waals surface area (Å²) in [4.78, 5) is 12.0. The molecule has 1 rings (SSSR count). The molecule has 0 heterocycles. The Kier molecular flexibility index (Phi) is 6.53. The van der Waals surface area contributed by atoms with E-state index < -0.39 is 6.10 Å². The van der Waals surface area contributed by atoms with Crippen LogP contribution in [0.15, 0.2) is 24.3 Å². The van der Waals surface area contributed by atoms with Crippen molar-refractivity contribution in [2.24, 2.45) is 0 Å². The lowest BCUT2D eigenvalue weighted by Crippen LogP contribution is -2.27. The Balaban J connectivity index is 2.60. The molecule has 2 N–H and O–H groups in total. The quantitative estimate of drug-likeness (QED) is 0.557. The van der Waals surface area contributed by atoms with Crippen molar-refractivity contribution in [2.75, 3.05) is 13.2 Å². The maximum Gasteiger partial charge on any atom is 0.169 e. The van der Waals surface area contributed by atoms with Gasteiger partial charge >= 0.3 is 0 Å². The zero-order chi connectivity index (χ0) is 14.3. The van der Waals surface area contributed by atoms with Crippen molar-refractivity contribution in [3.8, 4) is 5.75 Å². The third-order valence-electron chi connectivity index (χ3n) is 2.58. The number of benzene rings is 1. The molecule has 4 nitrogen and oxygen atoms in total. The highest BCUT2D eigenvalue weighted by Crippen LogP contribution is 2.20. The second kappa shape index (κ2) is 7.92.